The lowest BCUT2D eigenvalue weighted by molar-refractivity contribution is 0.248. The van der Waals surface area contributed by atoms with E-state index < -0.39 is 0 Å². The van der Waals surface area contributed by atoms with Crippen molar-refractivity contribution in [2.24, 2.45) is 5.92 Å². The van der Waals surface area contributed by atoms with Crippen molar-refractivity contribution in [3.8, 4) is 0 Å². The lowest BCUT2D eigenvalue weighted by Crippen LogP contribution is -2.47. The van der Waals surface area contributed by atoms with E-state index in [9.17, 15) is 0 Å². The Morgan fingerprint density at radius 1 is 1.10 bits per heavy atom. The van der Waals surface area contributed by atoms with Crippen molar-refractivity contribution in [3.63, 3.8) is 0 Å². The maximum atomic E-state index is 5.86. The van der Waals surface area contributed by atoms with Crippen LogP contribution in [0.1, 0.15) is 12.8 Å². The van der Waals surface area contributed by atoms with Gasteiger partial charge in [0.1, 0.15) is 0 Å². The molecule has 1 saturated carbocycles. The zero-order valence-corrected chi connectivity index (χ0v) is 12.3. The zero-order chi connectivity index (χ0) is 14.2. The molecular formula is C17H22N4. The predicted octanol–water partition coefficient (Wildman–Crippen LogP) is 2.35. The Hall–Kier alpha value is -1.81. The Morgan fingerprint density at radius 2 is 1.90 bits per heavy atom. The van der Waals surface area contributed by atoms with E-state index in [1.165, 1.54) is 43.5 Å². The van der Waals surface area contributed by atoms with Crippen LogP contribution < -0.4 is 10.6 Å². The molecule has 110 valence electrons. The van der Waals surface area contributed by atoms with Crippen molar-refractivity contribution < 1.29 is 0 Å². The van der Waals surface area contributed by atoms with Crippen LogP contribution in [-0.2, 0) is 0 Å². The molecule has 21 heavy (non-hydrogen) atoms. The molecule has 4 rings (SSSR count). The molecular weight excluding hydrogens is 260 g/mol. The fourth-order valence-electron chi connectivity index (χ4n) is 3.26. The summed E-state index contributed by atoms with van der Waals surface area (Å²) >= 11 is 0. The highest BCUT2D eigenvalue weighted by molar-refractivity contribution is 5.93. The first kappa shape index (κ1) is 12.9. The molecule has 0 radical (unpaired) electrons. The Kier molecular flexibility index (Phi) is 3.19. The first-order chi connectivity index (χ1) is 10.3. The number of pyridine rings is 1. The molecule has 0 unspecified atom stereocenters. The number of fused-ring (bicyclic) bond motifs is 1. The van der Waals surface area contributed by atoms with E-state index in [0.717, 1.165) is 30.2 Å². The van der Waals surface area contributed by atoms with Crippen LogP contribution >= 0.6 is 0 Å². The van der Waals surface area contributed by atoms with Gasteiger partial charge in [0, 0.05) is 55.7 Å². The van der Waals surface area contributed by atoms with Gasteiger partial charge in [0.15, 0.2) is 0 Å². The van der Waals surface area contributed by atoms with Crippen LogP contribution in [0.5, 0.6) is 0 Å². The summed E-state index contributed by atoms with van der Waals surface area (Å²) in [6.07, 6.45) is 4.78. The summed E-state index contributed by atoms with van der Waals surface area (Å²) in [5.74, 6) is 0.987. The number of hydrogen-bond acceptors (Lipinski definition) is 4. The van der Waals surface area contributed by atoms with E-state index in [1.54, 1.807) is 0 Å². The number of aromatic nitrogens is 1. The van der Waals surface area contributed by atoms with Gasteiger partial charge in [-0.3, -0.25) is 9.88 Å². The topological polar surface area (TPSA) is 45.4 Å². The molecule has 2 heterocycles. The molecule has 2 fully saturated rings. The SMILES string of the molecule is Nc1ccc2c(N3CCN(CC4CC4)CC3)ccnc2c1. The fraction of sp³-hybridized carbons (Fsp3) is 0.471. The predicted molar refractivity (Wildman–Crippen MR) is 87.5 cm³/mol. The number of rotatable bonds is 3. The van der Waals surface area contributed by atoms with Gasteiger partial charge in [0.2, 0.25) is 0 Å². The minimum absolute atomic E-state index is 0.779. The Bertz CT molecular complexity index is 642. The van der Waals surface area contributed by atoms with Gasteiger partial charge in [-0.25, -0.2) is 0 Å². The van der Waals surface area contributed by atoms with Crippen LogP contribution in [0.15, 0.2) is 30.5 Å². The number of hydrogen-bond donors (Lipinski definition) is 1. The summed E-state index contributed by atoms with van der Waals surface area (Å²) in [7, 11) is 0. The third kappa shape index (κ3) is 2.68. The highest BCUT2D eigenvalue weighted by Crippen LogP contribution is 2.31. The fourth-order valence-corrected chi connectivity index (χ4v) is 3.26. The van der Waals surface area contributed by atoms with Crippen LogP contribution in [0, 0.1) is 5.92 Å². The molecule has 4 nitrogen and oxygen atoms in total. The standard InChI is InChI=1S/C17H22N4/c18-14-3-4-15-16(11-14)19-6-5-17(15)21-9-7-20(8-10-21)12-13-1-2-13/h3-6,11,13H,1-2,7-10,12,18H2. The van der Waals surface area contributed by atoms with Gasteiger partial charge in [-0.1, -0.05) is 0 Å². The molecule has 1 saturated heterocycles. The molecule has 0 bridgehead atoms. The van der Waals surface area contributed by atoms with E-state index in [1.807, 2.05) is 18.3 Å². The average molecular weight is 282 g/mol. The van der Waals surface area contributed by atoms with Crippen molar-refractivity contribution in [3.05, 3.63) is 30.5 Å². The number of anilines is 2. The monoisotopic (exact) mass is 282 g/mol. The van der Waals surface area contributed by atoms with Crippen LogP contribution in [-0.4, -0.2) is 42.6 Å². The van der Waals surface area contributed by atoms with Gasteiger partial charge in [-0.2, -0.15) is 0 Å². The van der Waals surface area contributed by atoms with Gasteiger partial charge < -0.3 is 10.6 Å². The number of benzene rings is 1. The molecule has 0 spiro atoms. The lowest BCUT2D eigenvalue weighted by atomic mass is 10.1. The molecule has 0 atom stereocenters. The minimum Gasteiger partial charge on any atom is -0.399 e. The molecule has 1 aliphatic carbocycles. The summed E-state index contributed by atoms with van der Waals surface area (Å²) in [6, 6.07) is 8.16. The molecule has 0 amide bonds. The molecule has 2 N–H and O–H groups in total. The van der Waals surface area contributed by atoms with Crippen LogP contribution in [0.25, 0.3) is 10.9 Å². The smallest absolute Gasteiger partial charge is 0.0743 e. The molecule has 2 aliphatic rings. The third-order valence-corrected chi connectivity index (χ3v) is 4.67. The number of nitrogen functional groups attached to an aromatic ring is 1. The molecule has 4 heteroatoms. The van der Waals surface area contributed by atoms with Crippen LogP contribution in [0.4, 0.5) is 11.4 Å². The van der Waals surface area contributed by atoms with E-state index in [4.69, 9.17) is 5.73 Å². The summed E-state index contributed by atoms with van der Waals surface area (Å²) in [5, 5.41) is 1.21. The second-order valence-electron chi connectivity index (χ2n) is 6.34. The van der Waals surface area contributed by atoms with Crippen molar-refractivity contribution in [1.29, 1.82) is 0 Å². The average Bonchev–Trinajstić information content (AvgIpc) is 3.31. The Balaban J connectivity index is 1.53. The highest BCUT2D eigenvalue weighted by atomic mass is 15.3. The zero-order valence-electron chi connectivity index (χ0n) is 12.3. The summed E-state index contributed by atoms with van der Waals surface area (Å²) in [4.78, 5) is 9.55. The van der Waals surface area contributed by atoms with Gasteiger partial charge in [-0.05, 0) is 43.0 Å². The number of nitrogens with zero attached hydrogens (tertiary/aromatic N) is 3. The second-order valence-corrected chi connectivity index (χ2v) is 6.34. The Labute approximate surface area is 125 Å². The first-order valence-electron chi connectivity index (χ1n) is 7.91. The van der Waals surface area contributed by atoms with Gasteiger partial charge in [0.25, 0.3) is 0 Å². The van der Waals surface area contributed by atoms with Gasteiger partial charge in [0.05, 0.1) is 5.52 Å². The van der Waals surface area contributed by atoms with E-state index in [0.29, 0.717) is 0 Å². The first-order valence-corrected chi connectivity index (χ1v) is 7.91. The molecule has 2 aromatic rings. The summed E-state index contributed by atoms with van der Waals surface area (Å²) in [6.45, 7) is 5.87. The van der Waals surface area contributed by atoms with Crippen LogP contribution in [0.3, 0.4) is 0 Å². The van der Waals surface area contributed by atoms with E-state index in [2.05, 4.69) is 26.9 Å². The largest absolute Gasteiger partial charge is 0.399 e. The van der Waals surface area contributed by atoms with Gasteiger partial charge in [-0.15, -0.1) is 0 Å². The lowest BCUT2D eigenvalue weighted by Gasteiger charge is -2.36. The van der Waals surface area contributed by atoms with Crippen molar-refractivity contribution >= 4 is 22.3 Å². The highest BCUT2D eigenvalue weighted by Gasteiger charge is 2.26. The number of nitrogens with two attached hydrogens (primary N) is 1. The van der Waals surface area contributed by atoms with Crippen molar-refractivity contribution in [1.82, 2.24) is 9.88 Å². The second kappa shape index (κ2) is 5.19. The van der Waals surface area contributed by atoms with Crippen LogP contribution in [0.2, 0.25) is 0 Å². The Morgan fingerprint density at radius 3 is 2.67 bits per heavy atom. The van der Waals surface area contributed by atoms with Gasteiger partial charge >= 0.3 is 0 Å². The van der Waals surface area contributed by atoms with Crippen molar-refractivity contribution in [2.45, 2.75) is 12.8 Å². The van der Waals surface area contributed by atoms with E-state index in [-0.39, 0.29) is 0 Å². The quantitative estimate of drug-likeness (QED) is 0.878. The number of piperazine rings is 1. The third-order valence-electron chi connectivity index (χ3n) is 4.67. The maximum Gasteiger partial charge on any atom is 0.0743 e. The molecule has 1 aliphatic heterocycles. The maximum absolute atomic E-state index is 5.86. The molecule has 1 aromatic heterocycles. The molecule has 1 aromatic carbocycles. The van der Waals surface area contributed by atoms with Crippen molar-refractivity contribution in [2.75, 3.05) is 43.4 Å². The summed E-state index contributed by atoms with van der Waals surface area (Å²) < 4.78 is 0. The van der Waals surface area contributed by atoms with E-state index >= 15 is 0 Å². The normalized spacial score (nSPS) is 20.1. The summed E-state index contributed by atoms with van der Waals surface area (Å²) in [5.41, 5.74) is 8.93. The minimum atomic E-state index is 0.779.